The number of nitrogens with zero attached hydrogens (tertiary/aromatic N) is 3. The third-order valence-electron chi connectivity index (χ3n) is 3.05. The SMILES string of the molecule is CCOC(=O)CN(C)c1ccc([N+](=O)[O-])c2cnccc12. The van der Waals surface area contributed by atoms with Crippen molar-refractivity contribution in [2.75, 3.05) is 25.1 Å². The van der Waals surface area contributed by atoms with Gasteiger partial charge in [0.25, 0.3) is 5.69 Å². The zero-order valence-corrected chi connectivity index (χ0v) is 11.8. The molecule has 2 rings (SSSR count). The summed E-state index contributed by atoms with van der Waals surface area (Å²) in [4.78, 5) is 27.8. The van der Waals surface area contributed by atoms with Gasteiger partial charge in [0, 0.05) is 36.6 Å². The highest BCUT2D eigenvalue weighted by atomic mass is 16.6. The van der Waals surface area contributed by atoms with Crippen molar-refractivity contribution >= 4 is 28.1 Å². The van der Waals surface area contributed by atoms with Gasteiger partial charge in [0.1, 0.15) is 6.54 Å². The number of fused-ring (bicyclic) bond motifs is 1. The number of aromatic nitrogens is 1. The molecule has 21 heavy (non-hydrogen) atoms. The summed E-state index contributed by atoms with van der Waals surface area (Å²) in [5.74, 6) is -0.347. The number of likely N-dealkylation sites (N-methyl/N-ethyl adjacent to an activating group) is 1. The minimum absolute atomic E-state index is 0.00798. The summed E-state index contributed by atoms with van der Waals surface area (Å²) in [5, 5.41) is 12.2. The number of nitro benzene ring substituents is 1. The average molecular weight is 289 g/mol. The molecule has 0 saturated carbocycles. The molecular weight excluding hydrogens is 274 g/mol. The maximum absolute atomic E-state index is 11.6. The molecule has 0 atom stereocenters. The molecule has 1 heterocycles. The minimum Gasteiger partial charge on any atom is -0.465 e. The molecule has 0 radical (unpaired) electrons. The van der Waals surface area contributed by atoms with Gasteiger partial charge in [-0.25, -0.2) is 0 Å². The van der Waals surface area contributed by atoms with Crippen molar-refractivity contribution in [2.24, 2.45) is 0 Å². The summed E-state index contributed by atoms with van der Waals surface area (Å²) < 4.78 is 4.91. The van der Waals surface area contributed by atoms with Crippen LogP contribution >= 0.6 is 0 Å². The molecular formula is C14H15N3O4. The molecule has 0 bridgehead atoms. The number of nitro groups is 1. The molecule has 0 saturated heterocycles. The van der Waals surface area contributed by atoms with Crippen molar-refractivity contribution in [3.63, 3.8) is 0 Å². The van der Waals surface area contributed by atoms with E-state index in [1.54, 1.807) is 37.2 Å². The Labute approximate surface area is 121 Å². The van der Waals surface area contributed by atoms with E-state index in [-0.39, 0.29) is 18.2 Å². The van der Waals surface area contributed by atoms with E-state index in [2.05, 4.69) is 4.98 Å². The molecule has 0 unspecified atom stereocenters. The van der Waals surface area contributed by atoms with Crippen LogP contribution in [0.2, 0.25) is 0 Å². The Balaban J connectivity index is 2.43. The number of carbonyl (C=O) groups excluding carboxylic acids is 1. The summed E-state index contributed by atoms with van der Waals surface area (Å²) in [6, 6.07) is 4.74. The second kappa shape index (κ2) is 6.17. The van der Waals surface area contributed by atoms with Crippen molar-refractivity contribution in [1.82, 2.24) is 4.98 Å². The Morgan fingerprint density at radius 1 is 1.38 bits per heavy atom. The number of pyridine rings is 1. The van der Waals surface area contributed by atoms with Crippen molar-refractivity contribution < 1.29 is 14.5 Å². The number of hydrogen-bond donors (Lipinski definition) is 0. The summed E-state index contributed by atoms with van der Waals surface area (Å²) >= 11 is 0. The molecule has 0 amide bonds. The van der Waals surface area contributed by atoms with Crippen LogP contribution in [0.5, 0.6) is 0 Å². The molecule has 0 fully saturated rings. The number of esters is 1. The first-order valence-corrected chi connectivity index (χ1v) is 6.42. The summed E-state index contributed by atoms with van der Waals surface area (Å²) in [6.45, 7) is 2.13. The first-order valence-electron chi connectivity index (χ1n) is 6.42. The zero-order valence-electron chi connectivity index (χ0n) is 11.8. The van der Waals surface area contributed by atoms with Gasteiger partial charge in [-0.3, -0.25) is 19.9 Å². The van der Waals surface area contributed by atoms with Gasteiger partial charge in [-0.2, -0.15) is 0 Å². The highest BCUT2D eigenvalue weighted by Crippen LogP contribution is 2.32. The van der Waals surface area contributed by atoms with Crippen molar-refractivity contribution in [1.29, 1.82) is 0 Å². The molecule has 0 spiro atoms. The quantitative estimate of drug-likeness (QED) is 0.476. The summed E-state index contributed by atoms with van der Waals surface area (Å²) in [7, 11) is 1.73. The second-order valence-electron chi connectivity index (χ2n) is 4.44. The Bertz CT molecular complexity index is 687. The molecule has 0 N–H and O–H groups in total. The fraction of sp³-hybridized carbons (Fsp3) is 0.286. The van der Waals surface area contributed by atoms with E-state index in [0.717, 1.165) is 0 Å². The number of benzene rings is 1. The van der Waals surface area contributed by atoms with Gasteiger partial charge in [-0.1, -0.05) is 0 Å². The Hall–Kier alpha value is -2.70. The lowest BCUT2D eigenvalue weighted by molar-refractivity contribution is -0.383. The van der Waals surface area contributed by atoms with E-state index in [0.29, 0.717) is 23.1 Å². The lowest BCUT2D eigenvalue weighted by Crippen LogP contribution is -2.27. The normalized spacial score (nSPS) is 10.4. The minimum atomic E-state index is -0.445. The fourth-order valence-electron chi connectivity index (χ4n) is 2.14. The van der Waals surface area contributed by atoms with Crippen LogP contribution in [0.3, 0.4) is 0 Å². The number of anilines is 1. The molecule has 0 aliphatic rings. The van der Waals surface area contributed by atoms with Crippen molar-refractivity contribution in [3.05, 3.63) is 40.7 Å². The highest BCUT2D eigenvalue weighted by molar-refractivity contribution is 6.00. The number of hydrogen-bond acceptors (Lipinski definition) is 6. The van der Waals surface area contributed by atoms with Gasteiger partial charge in [0.05, 0.1) is 16.9 Å². The third-order valence-corrected chi connectivity index (χ3v) is 3.05. The van der Waals surface area contributed by atoms with Crippen LogP contribution in [0.15, 0.2) is 30.6 Å². The monoisotopic (exact) mass is 289 g/mol. The number of rotatable bonds is 5. The summed E-state index contributed by atoms with van der Waals surface area (Å²) in [6.07, 6.45) is 3.02. The predicted molar refractivity (Wildman–Crippen MR) is 78.3 cm³/mol. The van der Waals surface area contributed by atoms with Gasteiger partial charge in [0.2, 0.25) is 0 Å². The predicted octanol–water partition coefficient (Wildman–Crippen LogP) is 2.14. The topological polar surface area (TPSA) is 85.6 Å². The molecule has 7 heteroatoms. The Morgan fingerprint density at radius 2 is 2.14 bits per heavy atom. The first kappa shape index (κ1) is 14.7. The molecule has 0 aliphatic heterocycles. The van der Waals surface area contributed by atoms with Crippen LogP contribution < -0.4 is 4.90 Å². The summed E-state index contributed by atoms with van der Waals surface area (Å²) in [5.41, 5.74) is 0.706. The second-order valence-corrected chi connectivity index (χ2v) is 4.44. The van der Waals surface area contributed by atoms with Gasteiger partial charge in [-0.15, -0.1) is 0 Å². The average Bonchev–Trinajstić information content (AvgIpc) is 2.45. The smallest absolute Gasteiger partial charge is 0.325 e. The van der Waals surface area contributed by atoms with E-state index < -0.39 is 4.92 Å². The lowest BCUT2D eigenvalue weighted by atomic mass is 10.1. The molecule has 7 nitrogen and oxygen atoms in total. The van der Waals surface area contributed by atoms with E-state index in [4.69, 9.17) is 4.74 Å². The van der Waals surface area contributed by atoms with Gasteiger partial charge >= 0.3 is 5.97 Å². The molecule has 110 valence electrons. The van der Waals surface area contributed by atoms with E-state index in [1.165, 1.54) is 12.3 Å². The molecule has 0 aliphatic carbocycles. The van der Waals surface area contributed by atoms with Gasteiger partial charge in [0.15, 0.2) is 0 Å². The van der Waals surface area contributed by atoms with Crippen LogP contribution in [-0.2, 0) is 9.53 Å². The third kappa shape index (κ3) is 3.07. The Morgan fingerprint density at radius 3 is 2.81 bits per heavy atom. The van der Waals surface area contributed by atoms with Crippen LogP contribution in [0.4, 0.5) is 11.4 Å². The highest BCUT2D eigenvalue weighted by Gasteiger charge is 2.17. The van der Waals surface area contributed by atoms with Crippen LogP contribution in [0.25, 0.3) is 10.8 Å². The molecule has 2 aromatic rings. The lowest BCUT2D eigenvalue weighted by Gasteiger charge is -2.20. The van der Waals surface area contributed by atoms with Crippen molar-refractivity contribution in [2.45, 2.75) is 6.92 Å². The maximum Gasteiger partial charge on any atom is 0.325 e. The number of carbonyl (C=O) groups is 1. The standard InChI is InChI=1S/C14H15N3O4/c1-3-21-14(18)9-16(2)12-4-5-13(17(19)20)11-8-15-7-6-10(11)12/h4-8H,3,9H2,1-2H3. The fourth-order valence-corrected chi connectivity index (χ4v) is 2.14. The van der Waals surface area contributed by atoms with Gasteiger partial charge in [-0.05, 0) is 19.1 Å². The largest absolute Gasteiger partial charge is 0.465 e. The number of non-ortho nitro benzene ring substituents is 1. The Kier molecular flexibility index (Phi) is 4.32. The van der Waals surface area contributed by atoms with E-state index in [1.807, 2.05) is 0 Å². The maximum atomic E-state index is 11.6. The van der Waals surface area contributed by atoms with Crippen LogP contribution in [-0.4, -0.2) is 36.1 Å². The molecule has 1 aromatic heterocycles. The van der Waals surface area contributed by atoms with Crippen LogP contribution in [0.1, 0.15) is 6.92 Å². The molecule has 1 aromatic carbocycles. The first-order chi connectivity index (χ1) is 10.0. The van der Waals surface area contributed by atoms with Gasteiger partial charge < -0.3 is 9.64 Å². The van der Waals surface area contributed by atoms with Crippen molar-refractivity contribution in [3.8, 4) is 0 Å². The zero-order chi connectivity index (χ0) is 15.4. The number of ether oxygens (including phenoxy) is 1. The van der Waals surface area contributed by atoms with E-state index >= 15 is 0 Å². The van der Waals surface area contributed by atoms with Crippen LogP contribution in [0, 0.1) is 10.1 Å². The van der Waals surface area contributed by atoms with E-state index in [9.17, 15) is 14.9 Å².